The Bertz CT molecular complexity index is 703. The highest BCUT2D eigenvalue weighted by Gasteiger charge is 2.30. The van der Waals surface area contributed by atoms with Gasteiger partial charge in [-0.3, -0.25) is 0 Å². The van der Waals surface area contributed by atoms with Gasteiger partial charge in [0.25, 0.3) is 0 Å². The summed E-state index contributed by atoms with van der Waals surface area (Å²) in [6.45, 7) is 0.889. The maximum Gasteiger partial charge on any atom is 0.245 e. The monoisotopic (exact) mass is 334 g/mol. The lowest BCUT2D eigenvalue weighted by molar-refractivity contribution is 0.316. The first-order chi connectivity index (χ1) is 9.09. The van der Waals surface area contributed by atoms with Crippen LogP contribution in [0.4, 0.5) is 0 Å². The number of rotatable bonds is 2. The topological polar surface area (TPSA) is 89.2 Å². The van der Waals surface area contributed by atoms with E-state index in [0.717, 1.165) is 24.6 Å². The Hall–Kier alpha value is -0.800. The van der Waals surface area contributed by atoms with E-state index in [9.17, 15) is 8.42 Å². The van der Waals surface area contributed by atoms with Crippen LogP contribution in [0.15, 0.2) is 23.1 Å². The van der Waals surface area contributed by atoms with Gasteiger partial charge >= 0.3 is 0 Å². The number of nitrogens with zero attached hydrogens (tertiary/aromatic N) is 3. The molecule has 1 unspecified atom stereocenters. The van der Waals surface area contributed by atoms with Crippen LogP contribution in [0.2, 0.25) is 0 Å². The van der Waals surface area contributed by atoms with Crippen LogP contribution in [-0.2, 0) is 10.0 Å². The van der Waals surface area contributed by atoms with E-state index in [0.29, 0.717) is 24.1 Å². The van der Waals surface area contributed by atoms with Crippen molar-refractivity contribution in [1.29, 1.82) is 0 Å². The summed E-state index contributed by atoms with van der Waals surface area (Å²) in [5.41, 5.74) is 6.93. The quantitative estimate of drug-likeness (QED) is 0.892. The lowest BCUT2D eigenvalue weighted by Gasteiger charge is -2.29. The van der Waals surface area contributed by atoms with Gasteiger partial charge in [-0.25, -0.2) is 8.42 Å². The lowest BCUT2D eigenvalue weighted by Crippen LogP contribution is -2.45. The van der Waals surface area contributed by atoms with Gasteiger partial charge in [0, 0.05) is 19.1 Å². The second-order valence-corrected chi connectivity index (χ2v) is 7.09. The third-order valence-corrected chi connectivity index (χ3v) is 5.73. The number of fused-ring (bicyclic) bond motifs is 1. The van der Waals surface area contributed by atoms with Gasteiger partial charge < -0.3 is 5.73 Å². The van der Waals surface area contributed by atoms with Gasteiger partial charge in [0.1, 0.15) is 15.9 Å². The van der Waals surface area contributed by atoms with Gasteiger partial charge in [-0.15, -0.1) is 12.4 Å². The minimum atomic E-state index is -3.53. The molecule has 1 aromatic heterocycles. The van der Waals surface area contributed by atoms with Crippen LogP contribution >= 0.6 is 24.1 Å². The average Bonchev–Trinajstić information content (AvgIpc) is 2.86. The second kappa shape index (κ2) is 5.90. The SMILES string of the molecule is Cl.NC1CCCN(S(=O)(=O)c2cccc3nsnc23)C1. The summed E-state index contributed by atoms with van der Waals surface area (Å²) in [6, 6.07) is 4.95. The van der Waals surface area contributed by atoms with Crippen molar-refractivity contribution in [1.82, 2.24) is 13.1 Å². The molecule has 1 aliphatic rings. The molecule has 110 valence electrons. The van der Waals surface area contributed by atoms with E-state index in [-0.39, 0.29) is 23.3 Å². The highest BCUT2D eigenvalue weighted by atomic mass is 35.5. The van der Waals surface area contributed by atoms with Crippen LogP contribution in [0.1, 0.15) is 12.8 Å². The Morgan fingerprint density at radius 2 is 2.15 bits per heavy atom. The fraction of sp³-hybridized carbons (Fsp3) is 0.455. The lowest BCUT2D eigenvalue weighted by atomic mass is 10.1. The molecule has 2 N–H and O–H groups in total. The van der Waals surface area contributed by atoms with E-state index in [2.05, 4.69) is 8.75 Å². The average molecular weight is 335 g/mol. The minimum Gasteiger partial charge on any atom is -0.327 e. The molecular formula is C11H15ClN4O2S2. The third-order valence-electron chi connectivity index (χ3n) is 3.29. The first kappa shape index (κ1) is 15.6. The fourth-order valence-corrected chi connectivity index (χ4v) is 4.61. The molecule has 2 heterocycles. The Balaban J connectivity index is 0.00000147. The predicted octanol–water partition coefficient (Wildman–Crippen LogP) is 1.22. The van der Waals surface area contributed by atoms with E-state index in [1.165, 1.54) is 4.31 Å². The molecule has 3 rings (SSSR count). The zero-order valence-corrected chi connectivity index (χ0v) is 13.0. The van der Waals surface area contributed by atoms with E-state index in [1.807, 2.05) is 0 Å². The summed E-state index contributed by atoms with van der Waals surface area (Å²) < 4.78 is 34.9. The van der Waals surface area contributed by atoms with Crippen molar-refractivity contribution in [2.75, 3.05) is 13.1 Å². The molecule has 0 aliphatic carbocycles. The van der Waals surface area contributed by atoms with Crippen LogP contribution in [-0.4, -0.2) is 40.6 Å². The third kappa shape index (κ3) is 2.66. The Kier molecular flexibility index (Phi) is 4.60. The first-order valence-corrected chi connectivity index (χ1v) is 8.23. The number of hydrogen-bond acceptors (Lipinski definition) is 6. The summed E-state index contributed by atoms with van der Waals surface area (Å²) in [6.07, 6.45) is 1.67. The molecule has 0 amide bonds. The van der Waals surface area contributed by atoms with Gasteiger partial charge in [-0.1, -0.05) is 6.07 Å². The van der Waals surface area contributed by atoms with E-state index < -0.39 is 10.0 Å². The molecule has 0 radical (unpaired) electrons. The molecule has 1 aliphatic heterocycles. The van der Waals surface area contributed by atoms with Crippen molar-refractivity contribution in [3.8, 4) is 0 Å². The number of hydrogen-bond donors (Lipinski definition) is 1. The summed E-state index contributed by atoms with van der Waals surface area (Å²) in [4.78, 5) is 0.229. The molecule has 6 nitrogen and oxygen atoms in total. The molecule has 1 saturated heterocycles. The van der Waals surface area contributed by atoms with Crippen LogP contribution in [0, 0.1) is 0 Å². The highest BCUT2D eigenvalue weighted by Crippen LogP contribution is 2.26. The summed E-state index contributed by atoms with van der Waals surface area (Å²) in [5, 5.41) is 0. The molecule has 0 saturated carbocycles. The van der Waals surface area contributed by atoms with E-state index >= 15 is 0 Å². The van der Waals surface area contributed by atoms with Crippen LogP contribution in [0.3, 0.4) is 0 Å². The van der Waals surface area contributed by atoms with Crippen LogP contribution in [0.5, 0.6) is 0 Å². The van der Waals surface area contributed by atoms with E-state index in [4.69, 9.17) is 5.73 Å². The first-order valence-electron chi connectivity index (χ1n) is 6.06. The van der Waals surface area contributed by atoms with Crippen LogP contribution < -0.4 is 5.73 Å². The van der Waals surface area contributed by atoms with Crippen molar-refractivity contribution in [3.63, 3.8) is 0 Å². The molecule has 1 aromatic carbocycles. The van der Waals surface area contributed by atoms with Crippen molar-refractivity contribution >= 4 is 45.2 Å². The molecule has 1 fully saturated rings. The molecule has 1 atom stereocenters. The zero-order chi connectivity index (χ0) is 13.5. The van der Waals surface area contributed by atoms with Gasteiger partial charge in [-0.2, -0.15) is 13.1 Å². The standard InChI is InChI=1S/C11H14N4O2S2.ClH/c12-8-3-2-6-15(7-8)19(16,17)10-5-1-4-9-11(10)14-18-13-9;/h1,4-5,8H,2-3,6-7,12H2;1H. The fourth-order valence-electron chi connectivity index (χ4n) is 2.32. The minimum absolute atomic E-state index is 0. The number of benzene rings is 1. The maximum atomic E-state index is 12.7. The van der Waals surface area contributed by atoms with Crippen molar-refractivity contribution in [2.45, 2.75) is 23.8 Å². The van der Waals surface area contributed by atoms with Crippen molar-refractivity contribution in [2.24, 2.45) is 5.73 Å². The van der Waals surface area contributed by atoms with Crippen molar-refractivity contribution < 1.29 is 8.42 Å². The normalized spacial score (nSPS) is 20.8. The number of sulfonamides is 1. The molecule has 0 spiro atoms. The molecule has 2 aromatic rings. The highest BCUT2D eigenvalue weighted by molar-refractivity contribution is 7.89. The maximum absolute atomic E-state index is 12.7. The molecule has 0 bridgehead atoms. The van der Waals surface area contributed by atoms with Gasteiger partial charge in [0.2, 0.25) is 10.0 Å². The Morgan fingerprint density at radius 1 is 1.35 bits per heavy atom. The predicted molar refractivity (Wildman–Crippen MR) is 80.6 cm³/mol. The molecule has 9 heteroatoms. The van der Waals surface area contributed by atoms with E-state index in [1.54, 1.807) is 18.2 Å². The Labute approximate surface area is 127 Å². The summed E-state index contributed by atoms with van der Waals surface area (Å²) in [7, 11) is -3.53. The number of piperidine rings is 1. The zero-order valence-electron chi connectivity index (χ0n) is 10.6. The largest absolute Gasteiger partial charge is 0.327 e. The second-order valence-electron chi connectivity index (χ2n) is 4.65. The van der Waals surface area contributed by atoms with Crippen molar-refractivity contribution in [3.05, 3.63) is 18.2 Å². The van der Waals surface area contributed by atoms with Gasteiger partial charge in [0.15, 0.2) is 0 Å². The molecular weight excluding hydrogens is 320 g/mol. The smallest absolute Gasteiger partial charge is 0.245 e. The number of aromatic nitrogens is 2. The number of halogens is 1. The van der Waals surface area contributed by atoms with Gasteiger partial charge in [-0.05, 0) is 25.0 Å². The Morgan fingerprint density at radius 3 is 2.90 bits per heavy atom. The summed E-state index contributed by atoms with van der Waals surface area (Å²) >= 11 is 1.02. The van der Waals surface area contributed by atoms with Crippen LogP contribution in [0.25, 0.3) is 11.0 Å². The van der Waals surface area contributed by atoms with Gasteiger partial charge in [0.05, 0.1) is 11.7 Å². The number of nitrogens with two attached hydrogens (primary N) is 1. The molecule has 20 heavy (non-hydrogen) atoms. The summed E-state index contributed by atoms with van der Waals surface area (Å²) in [5.74, 6) is 0.